The lowest BCUT2D eigenvalue weighted by atomic mass is 10.2. The Morgan fingerprint density at radius 1 is 1.06 bits per heavy atom. The highest BCUT2D eigenvalue weighted by Crippen LogP contribution is 2.24. The van der Waals surface area contributed by atoms with Gasteiger partial charge in [-0.2, -0.15) is 4.31 Å². The van der Waals surface area contributed by atoms with Crippen LogP contribution in [0.1, 0.15) is 16.8 Å². The van der Waals surface area contributed by atoms with E-state index in [0.717, 1.165) is 5.69 Å². The predicted octanol–water partition coefficient (Wildman–Crippen LogP) is 1.25. The van der Waals surface area contributed by atoms with Gasteiger partial charge in [0.1, 0.15) is 5.75 Å². The van der Waals surface area contributed by atoms with Gasteiger partial charge in [0.05, 0.1) is 31.3 Å². The van der Waals surface area contributed by atoms with E-state index in [1.165, 1.54) is 28.6 Å². The van der Waals surface area contributed by atoms with Crippen LogP contribution < -0.4 is 15.0 Å². The summed E-state index contributed by atoms with van der Waals surface area (Å²) in [5, 5.41) is 2.87. The highest BCUT2D eigenvalue weighted by Gasteiger charge is 2.32. The molecule has 0 spiro atoms. The molecule has 1 atom stereocenters. The second-order valence-corrected chi connectivity index (χ2v) is 9.56. The Morgan fingerprint density at radius 2 is 1.72 bits per heavy atom. The molecule has 0 saturated carbocycles. The molecule has 170 valence electrons. The number of rotatable bonds is 6. The number of carbonyl (C=O) groups excluding carboxylic acids is 2. The van der Waals surface area contributed by atoms with Crippen LogP contribution in [0.2, 0.25) is 0 Å². The molecule has 0 aromatic heterocycles. The monoisotopic (exact) mass is 459 g/mol. The van der Waals surface area contributed by atoms with Crippen molar-refractivity contribution in [2.45, 2.75) is 17.4 Å². The molecule has 2 saturated heterocycles. The van der Waals surface area contributed by atoms with Crippen molar-refractivity contribution >= 4 is 27.5 Å². The van der Waals surface area contributed by atoms with Crippen LogP contribution in [0.4, 0.5) is 5.69 Å². The van der Waals surface area contributed by atoms with Gasteiger partial charge < -0.3 is 19.7 Å². The first-order chi connectivity index (χ1) is 15.4. The zero-order valence-electron chi connectivity index (χ0n) is 17.7. The maximum Gasteiger partial charge on any atom is 0.251 e. The lowest BCUT2D eigenvalue weighted by molar-refractivity contribution is -0.117. The molecule has 2 amide bonds. The fourth-order valence-corrected chi connectivity index (χ4v) is 5.21. The fourth-order valence-electron chi connectivity index (χ4n) is 3.80. The largest absolute Gasteiger partial charge is 0.497 e. The topological polar surface area (TPSA) is 105 Å². The molecule has 9 nitrogen and oxygen atoms in total. The van der Waals surface area contributed by atoms with Crippen molar-refractivity contribution in [1.82, 2.24) is 9.62 Å². The normalized spacial score (nSPS) is 19.7. The molecule has 0 radical (unpaired) electrons. The quantitative estimate of drug-likeness (QED) is 0.697. The molecule has 2 aliphatic rings. The molecule has 2 aliphatic heterocycles. The zero-order chi connectivity index (χ0) is 22.7. The van der Waals surface area contributed by atoms with Crippen LogP contribution >= 0.6 is 0 Å². The minimum Gasteiger partial charge on any atom is -0.497 e. The summed E-state index contributed by atoms with van der Waals surface area (Å²) in [6.45, 7) is 1.72. The highest BCUT2D eigenvalue weighted by molar-refractivity contribution is 7.89. The van der Waals surface area contributed by atoms with Crippen LogP contribution in [0.5, 0.6) is 5.75 Å². The molecule has 4 rings (SSSR count). The number of hydrogen-bond donors (Lipinski definition) is 1. The Balaban J connectivity index is 1.39. The van der Waals surface area contributed by atoms with Gasteiger partial charge in [-0.3, -0.25) is 9.59 Å². The van der Waals surface area contributed by atoms with Crippen LogP contribution in [-0.4, -0.2) is 70.5 Å². The van der Waals surface area contributed by atoms with Crippen molar-refractivity contribution in [3.63, 3.8) is 0 Å². The number of nitrogens with one attached hydrogen (secondary N) is 1. The highest BCUT2D eigenvalue weighted by atomic mass is 32.2. The van der Waals surface area contributed by atoms with Gasteiger partial charge in [-0.1, -0.05) is 0 Å². The predicted molar refractivity (Wildman–Crippen MR) is 117 cm³/mol. The summed E-state index contributed by atoms with van der Waals surface area (Å²) >= 11 is 0. The number of amides is 2. The van der Waals surface area contributed by atoms with E-state index in [2.05, 4.69) is 5.32 Å². The summed E-state index contributed by atoms with van der Waals surface area (Å²) < 4.78 is 37.2. The molecular weight excluding hydrogens is 434 g/mol. The van der Waals surface area contributed by atoms with E-state index in [9.17, 15) is 18.0 Å². The molecule has 2 aromatic rings. The number of benzene rings is 2. The molecule has 0 unspecified atom stereocenters. The first-order valence-electron chi connectivity index (χ1n) is 10.3. The summed E-state index contributed by atoms with van der Waals surface area (Å²) in [7, 11) is -2.04. The number of sulfonamides is 1. The lowest BCUT2D eigenvalue weighted by Gasteiger charge is -2.26. The summed E-state index contributed by atoms with van der Waals surface area (Å²) in [5.74, 6) is 0.270. The third-order valence-electron chi connectivity index (χ3n) is 5.57. The third kappa shape index (κ3) is 4.62. The van der Waals surface area contributed by atoms with Gasteiger partial charge in [-0.05, 0) is 48.5 Å². The van der Waals surface area contributed by atoms with Crippen LogP contribution in [-0.2, 0) is 19.6 Å². The van der Waals surface area contributed by atoms with Crippen molar-refractivity contribution in [2.75, 3.05) is 44.9 Å². The van der Waals surface area contributed by atoms with E-state index in [1.54, 1.807) is 36.3 Å². The number of anilines is 1. The number of morpholine rings is 1. The van der Waals surface area contributed by atoms with Crippen LogP contribution in [0, 0.1) is 0 Å². The molecular formula is C22H25N3O6S. The van der Waals surface area contributed by atoms with E-state index in [0.29, 0.717) is 44.2 Å². The van der Waals surface area contributed by atoms with Gasteiger partial charge in [-0.15, -0.1) is 0 Å². The Bertz CT molecular complexity index is 1080. The molecule has 0 bridgehead atoms. The summed E-state index contributed by atoms with van der Waals surface area (Å²) in [6, 6.07) is 12.7. The van der Waals surface area contributed by atoms with E-state index >= 15 is 0 Å². The van der Waals surface area contributed by atoms with E-state index < -0.39 is 10.0 Å². The van der Waals surface area contributed by atoms with Crippen LogP contribution in [0.25, 0.3) is 0 Å². The van der Waals surface area contributed by atoms with Gasteiger partial charge in [0.25, 0.3) is 5.91 Å². The summed E-state index contributed by atoms with van der Waals surface area (Å²) in [6.07, 6.45) is 0.196. The molecule has 32 heavy (non-hydrogen) atoms. The molecule has 0 aliphatic carbocycles. The molecule has 10 heteroatoms. The first kappa shape index (κ1) is 22.3. The SMILES string of the molecule is COc1ccc(N2C[C@H](NC(=O)c3ccc(S(=O)(=O)N4CCOCC4)cc3)CC2=O)cc1. The minimum absolute atomic E-state index is 0.0765. The van der Waals surface area contributed by atoms with Gasteiger partial charge >= 0.3 is 0 Å². The number of ether oxygens (including phenoxy) is 2. The van der Waals surface area contributed by atoms with Gasteiger partial charge in [0.15, 0.2) is 0 Å². The Kier molecular flexibility index (Phi) is 6.45. The van der Waals surface area contributed by atoms with Crippen molar-refractivity contribution in [1.29, 1.82) is 0 Å². The third-order valence-corrected chi connectivity index (χ3v) is 7.48. The maximum atomic E-state index is 12.7. The Labute approximate surface area is 187 Å². The second kappa shape index (κ2) is 9.27. The fraction of sp³-hybridized carbons (Fsp3) is 0.364. The second-order valence-electron chi connectivity index (χ2n) is 7.62. The average Bonchev–Trinajstić information content (AvgIpc) is 3.19. The van der Waals surface area contributed by atoms with Crippen LogP contribution in [0.15, 0.2) is 53.4 Å². The summed E-state index contributed by atoms with van der Waals surface area (Å²) in [4.78, 5) is 26.9. The van der Waals surface area contributed by atoms with Crippen molar-refractivity contribution in [2.24, 2.45) is 0 Å². The Hall–Kier alpha value is -2.95. The summed E-state index contributed by atoms with van der Waals surface area (Å²) in [5.41, 5.74) is 1.08. The van der Waals surface area contributed by atoms with Gasteiger partial charge in [0, 0.05) is 37.3 Å². The number of carbonyl (C=O) groups is 2. The Morgan fingerprint density at radius 3 is 2.34 bits per heavy atom. The smallest absolute Gasteiger partial charge is 0.251 e. The average molecular weight is 460 g/mol. The zero-order valence-corrected chi connectivity index (χ0v) is 18.5. The first-order valence-corrected chi connectivity index (χ1v) is 11.8. The van der Waals surface area contributed by atoms with Crippen molar-refractivity contribution < 1.29 is 27.5 Å². The molecule has 2 fully saturated rings. The maximum absolute atomic E-state index is 12.7. The number of hydrogen-bond acceptors (Lipinski definition) is 6. The van der Waals surface area contributed by atoms with Crippen LogP contribution in [0.3, 0.4) is 0 Å². The molecule has 2 heterocycles. The molecule has 1 N–H and O–H groups in total. The molecule has 2 aromatic carbocycles. The van der Waals surface area contributed by atoms with E-state index in [4.69, 9.17) is 9.47 Å². The number of nitrogens with zero attached hydrogens (tertiary/aromatic N) is 2. The lowest BCUT2D eigenvalue weighted by Crippen LogP contribution is -2.40. The van der Waals surface area contributed by atoms with E-state index in [-0.39, 0.29) is 29.2 Å². The minimum atomic E-state index is -3.62. The van der Waals surface area contributed by atoms with Crippen molar-refractivity contribution in [3.8, 4) is 5.75 Å². The van der Waals surface area contributed by atoms with Crippen molar-refractivity contribution in [3.05, 3.63) is 54.1 Å². The number of methoxy groups -OCH3 is 1. The van der Waals surface area contributed by atoms with Gasteiger partial charge in [-0.25, -0.2) is 8.42 Å². The van der Waals surface area contributed by atoms with Gasteiger partial charge in [0.2, 0.25) is 15.9 Å². The standard InChI is InChI=1S/C22H25N3O6S/c1-30-19-6-4-18(5-7-19)25-15-17(14-21(25)26)23-22(27)16-2-8-20(9-3-16)32(28,29)24-10-12-31-13-11-24/h2-9,17H,10-15H2,1H3,(H,23,27)/t17-/m1/s1. The van der Waals surface area contributed by atoms with E-state index in [1.807, 2.05) is 0 Å².